The van der Waals surface area contributed by atoms with Crippen molar-refractivity contribution in [1.29, 1.82) is 0 Å². The second-order valence-corrected chi connectivity index (χ2v) is 10.7. The van der Waals surface area contributed by atoms with E-state index in [1.165, 1.54) is 11.8 Å². The fourth-order valence-electron chi connectivity index (χ4n) is 6.44. The molecule has 3 aliphatic rings. The molecule has 3 aromatic rings. The molecule has 1 N–H and O–H groups in total. The predicted molar refractivity (Wildman–Crippen MR) is 152 cm³/mol. The van der Waals surface area contributed by atoms with Crippen LogP contribution in [0.5, 0.6) is 0 Å². The van der Waals surface area contributed by atoms with Gasteiger partial charge >= 0.3 is 6.18 Å². The van der Waals surface area contributed by atoms with E-state index in [4.69, 9.17) is 4.99 Å². The first-order chi connectivity index (χ1) is 19.2. The maximum absolute atomic E-state index is 13.9. The summed E-state index contributed by atoms with van der Waals surface area (Å²) in [4.78, 5) is 13.6. The number of rotatable bonds is 5. The van der Waals surface area contributed by atoms with Crippen LogP contribution in [0.3, 0.4) is 0 Å². The lowest BCUT2D eigenvalue weighted by Gasteiger charge is -2.35. The quantitative estimate of drug-likeness (QED) is 0.374. The Morgan fingerprint density at radius 2 is 1.90 bits per heavy atom. The fourth-order valence-corrected chi connectivity index (χ4v) is 6.44. The Morgan fingerprint density at radius 1 is 1.12 bits per heavy atom. The van der Waals surface area contributed by atoms with E-state index in [1.54, 1.807) is 18.5 Å². The highest BCUT2D eigenvalue weighted by molar-refractivity contribution is 6.12. The van der Waals surface area contributed by atoms with Crippen LogP contribution in [0.25, 0.3) is 22.0 Å². The summed E-state index contributed by atoms with van der Waals surface area (Å²) in [7, 11) is 2.01. The zero-order valence-electron chi connectivity index (χ0n) is 22.9. The van der Waals surface area contributed by atoms with Crippen LogP contribution in [0, 0.1) is 5.92 Å². The monoisotopic (exact) mass is 544 g/mol. The van der Waals surface area contributed by atoms with Gasteiger partial charge in [0.2, 0.25) is 0 Å². The van der Waals surface area contributed by atoms with Crippen LogP contribution >= 0.6 is 0 Å². The lowest BCUT2D eigenvalue weighted by Crippen LogP contribution is -2.31. The van der Waals surface area contributed by atoms with Crippen molar-refractivity contribution in [3.05, 3.63) is 94.5 Å². The van der Waals surface area contributed by atoms with Crippen LogP contribution in [0.2, 0.25) is 0 Å². The number of benzene rings is 1. The molecular formula is C31H31F3N6. The molecule has 9 heteroatoms. The Balaban J connectivity index is 1.57. The van der Waals surface area contributed by atoms with Gasteiger partial charge in [0.1, 0.15) is 5.82 Å². The number of aliphatic imine (C=N–C) groups is 1. The first-order valence-electron chi connectivity index (χ1n) is 13.5. The van der Waals surface area contributed by atoms with Gasteiger partial charge in [-0.25, -0.2) is 4.99 Å². The van der Waals surface area contributed by atoms with Crippen LogP contribution in [0.4, 0.5) is 13.2 Å². The van der Waals surface area contributed by atoms with E-state index in [-0.39, 0.29) is 11.4 Å². The van der Waals surface area contributed by atoms with Crippen LogP contribution in [0.15, 0.2) is 82.8 Å². The van der Waals surface area contributed by atoms with Gasteiger partial charge in [0.05, 0.1) is 17.3 Å². The fraction of sp³-hybridized carbons (Fsp3) is 0.323. The molecular weight excluding hydrogens is 513 g/mol. The van der Waals surface area contributed by atoms with Crippen molar-refractivity contribution in [3.63, 3.8) is 0 Å². The van der Waals surface area contributed by atoms with Crippen molar-refractivity contribution in [2.75, 3.05) is 13.6 Å². The lowest BCUT2D eigenvalue weighted by molar-refractivity contribution is -0.136. The molecule has 2 bridgehead atoms. The molecule has 206 valence electrons. The summed E-state index contributed by atoms with van der Waals surface area (Å²) in [5.74, 6) is 0.960. The average molecular weight is 545 g/mol. The van der Waals surface area contributed by atoms with E-state index in [1.807, 2.05) is 39.2 Å². The number of halogens is 3. The van der Waals surface area contributed by atoms with Gasteiger partial charge in [-0.3, -0.25) is 10.1 Å². The highest BCUT2D eigenvalue weighted by Crippen LogP contribution is 2.48. The van der Waals surface area contributed by atoms with Gasteiger partial charge in [0.15, 0.2) is 0 Å². The zero-order chi connectivity index (χ0) is 28.2. The number of aromatic nitrogens is 3. The molecule has 1 fully saturated rings. The molecule has 4 heterocycles. The summed E-state index contributed by atoms with van der Waals surface area (Å²) in [6, 6.07) is 7.03. The number of H-pyrrole nitrogens is 1. The van der Waals surface area contributed by atoms with E-state index in [0.717, 1.165) is 53.4 Å². The number of alkyl halides is 3. The van der Waals surface area contributed by atoms with Crippen molar-refractivity contribution in [1.82, 2.24) is 25.0 Å². The van der Waals surface area contributed by atoms with E-state index >= 15 is 0 Å². The normalized spacial score (nSPS) is 21.7. The molecule has 2 aliphatic heterocycles. The first kappa shape index (κ1) is 26.1. The molecule has 1 aliphatic carbocycles. The molecule has 2 atom stereocenters. The largest absolute Gasteiger partial charge is 0.418 e. The average Bonchev–Trinajstić information content (AvgIpc) is 3.67. The van der Waals surface area contributed by atoms with Gasteiger partial charge in [-0.1, -0.05) is 11.6 Å². The third kappa shape index (κ3) is 4.24. The second kappa shape index (κ2) is 9.80. The molecule has 0 spiro atoms. The summed E-state index contributed by atoms with van der Waals surface area (Å²) >= 11 is 0. The molecule has 0 amide bonds. The lowest BCUT2D eigenvalue weighted by atomic mass is 9.86. The molecule has 1 aromatic carbocycles. The van der Waals surface area contributed by atoms with E-state index in [0.29, 0.717) is 22.8 Å². The second-order valence-electron chi connectivity index (χ2n) is 10.7. The van der Waals surface area contributed by atoms with Gasteiger partial charge in [-0.15, -0.1) is 0 Å². The molecule has 1 saturated carbocycles. The van der Waals surface area contributed by atoms with Gasteiger partial charge < -0.3 is 9.80 Å². The van der Waals surface area contributed by atoms with Crippen molar-refractivity contribution in [2.24, 2.45) is 10.9 Å². The summed E-state index contributed by atoms with van der Waals surface area (Å²) in [5.41, 5.74) is 5.98. The summed E-state index contributed by atoms with van der Waals surface area (Å²) in [5, 5.41) is 7.02. The zero-order valence-corrected chi connectivity index (χ0v) is 22.9. The first-order valence-corrected chi connectivity index (χ1v) is 13.5. The van der Waals surface area contributed by atoms with E-state index in [2.05, 4.69) is 44.2 Å². The SMILES string of the molecule is CCN1C=C2CC1CC2C1=CC=N/C(=C(/C(=C(C)C)c2ccncc2)c2ccc(C(F)(F)F)c3[nH]ncc23)N1C. The van der Waals surface area contributed by atoms with Crippen LogP contribution < -0.4 is 0 Å². The number of allylic oxidation sites excluding steroid dienone is 5. The Labute approximate surface area is 231 Å². The standard InChI is InChI=1S/C31H31F3N6/c1-5-40-17-20-14-21(40)15-23(20)26-10-13-36-30(39(26)4)28(27(18(2)3)19-8-11-35-12-9-19)22-6-7-25(31(32,33)34)29-24(22)16-37-38-29/h6-13,16-17,21,23H,5,14-15H2,1-4H3,(H,37,38)/b30-28-. The summed E-state index contributed by atoms with van der Waals surface area (Å²) in [6.07, 6.45) is 8.70. The van der Waals surface area contributed by atoms with Crippen LogP contribution in [-0.4, -0.2) is 50.8 Å². The number of hydrogen-bond donors (Lipinski definition) is 1. The molecule has 0 saturated heterocycles. The van der Waals surface area contributed by atoms with Gasteiger partial charge in [-0.2, -0.15) is 18.3 Å². The van der Waals surface area contributed by atoms with Crippen LogP contribution in [0.1, 0.15) is 50.3 Å². The topological polar surface area (TPSA) is 60.4 Å². The van der Waals surface area contributed by atoms with Crippen LogP contribution in [-0.2, 0) is 6.18 Å². The van der Waals surface area contributed by atoms with Gasteiger partial charge in [0, 0.05) is 60.8 Å². The summed E-state index contributed by atoms with van der Waals surface area (Å²) in [6.45, 7) is 7.20. The molecule has 6 rings (SSSR count). The third-order valence-electron chi connectivity index (χ3n) is 8.23. The number of pyridine rings is 1. The van der Waals surface area contributed by atoms with Crippen molar-refractivity contribution >= 4 is 28.3 Å². The summed E-state index contributed by atoms with van der Waals surface area (Å²) < 4.78 is 41.8. The Morgan fingerprint density at radius 3 is 2.55 bits per heavy atom. The van der Waals surface area contributed by atoms with Crippen molar-refractivity contribution in [3.8, 4) is 0 Å². The Hall–Kier alpha value is -4.14. The minimum absolute atomic E-state index is 0.0398. The number of nitrogens with zero attached hydrogens (tertiary/aromatic N) is 5. The minimum Gasteiger partial charge on any atom is -0.374 e. The van der Waals surface area contributed by atoms with E-state index < -0.39 is 11.7 Å². The number of nitrogens with one attached hydrogen (secondary N) is 1. The number of hydrogen-bond acceptors (Lipinski definition) is 5. The highest BCUT2D eigenvalue weighted by atomic mass is 19.4. The number of fused-ring (bicyclic) bond motifs is 3. The number of aromatic amines is 1. The molecule has 2 unspecified atom stereocenters. The minimum atomic E-state index is -4.52. The maximum Gasteiger partial charge on any atom is 0.418 e. The molecule has 6 nitrogen and oxygen atoms in total. The van der Waals surface area contributed by atoms with Crippen molar-refractivity contribution in [2.45, 2.75) is 45.8 Å². The van der Waals surface area contributed by atoms with Gasteiger partial charge in [-0.05, 0) is 86.4 Å². The van der Waals surface area contributed by atoms with E-state index in [9.17, 15) is 13.2 Å². The highest BCUT2D eigenvalue weighted by Gasteiger charge is 2.41. The van der Waals surface area contributed by atoms with Gasteiger partial charge in [0.25, 0.3) is 0 Å². The molecule has 0 radical (unpaired) electrons. The Kier molecular flexibility index (Phi) is 6.40. The smallest absolute Gasteiger partial charge is 0.374 e. The molecule has 2 aromatic heterocycles. The van der Waals surface area contributed by atoms with Crippen molar-refractivity contribution < 1.29 is 13.2 Å². The molecule has 40 heavy (non-hydrogen) atoms. The predicted octanol–water partition coefficient (Wildman–Crippen LogP) is 7.04. The Bertz CT molecular complexity index is 1620. The maximum atomic E-state index is 13.9. The third-order valence-corrected chi connectivity index (χ3v) is 8.23.